The van der Waals surface area contributed by atoms with E-state index in [9.17, 15) is 22.8 Å². The third-order valence-corrected chi connectivity index (χ3v) is 2.68. The lowest BCUT2D eigenvalue weighted by atomic mass is 10.2. The average molecular weight is 297 g/mol. The van der Waals surface area contributed by atoms with Gasteiger partial charge in [-0.25, -0.2) is 0 Å². The van der Waals surface area contributed by atoms with Gasteiger partial charge in [-0.2, -0.15) is 13.2 Å². The molecule has 0 saturated carbocycles. The average Bonchev–Trinajstić information content (AvgIpc) is 2.37. The van der Waals surface area contributed by atoms with Gasteiger partial charge in [0.05, 0.1) is 26.3 Å². The van der Waals surface area contributed by atoms with E-state index in [0.29, 0.717) is 26.3 Å². The van der Waals surface area contributed by atoms with Crippen molar-refractivity contribution in [2.24, 2.45) is 0 Å². The molecule has 1 aliphatic rings. The molecular formula is C11H18F3N3O3. The Morgan fingerprint density at radius 2 is 1.90 bits per heavy atom. The third kappa shape index (κ3) is 6.20. The highest BCUT2D eigenvalue weighted by Gasteiger charge is 2.27. The summed E-state index contributed by atoms with van der Waals surface area (Å²) >= 11 is 0. The molecule has 0 bridgehead atoms. The number of morpholine rings is 1. The third-order valence-electron chi connectivity index (χ3n) is 2.68. The number of nitrogens with zero attached hydrogens (tertiary/aromatic N) is 1. The molecule has 1 rings (SSSR count). The fourth-order valence-corrected chi connectivity index (χ4v) is 1.73. The molecule has 1 unspecified atom stereocenters. The van der Waals surface area contributed by atoms with Crippen LogP contribution in [-0.4, -0.2) is 68.3 Å². The maximum atomic E-state index is 11.9. The Morgan fingerprint density at radius 3 is 2.45 bits per heavy atom. The molecule has 1 aliphatic heterocycles. The number of carbonyl (C=O) groups is 2. The molecule has 0 aromatic carbocycles. The predicted octanol–water partition coefficient (Wildman–Crippen LogP) is -0.498. The summed E-state index contributed by atoms with van der Waals surface area (Å²) < 4.78 is 40.7. The van der Waals surface area contributed by atoms with Crippen molar-refractivity contribution in [1.82, 2.24) is 15.5 Å². The van der Waals surface area contributed by atoms with Crippen LogP contribution < -0.4 is 10.6 Å². The van der Waals surface area contributed by atoms with Crippen LogP contribution >= 0.6 is 0 Å². The van der Waals surface area contributed by atoms with Crippen molar-refractivity contribution < 1.29 is 27.5 Å². The monoisotopic (exact) mass is 297 g/mol. The number of carbonyl (C=O) groups excluding carboxylic acids is 2. The van der Waals surface area contributed by atoms with E-state index in [-0.39, 0.29) is 5.91 Å². The van der Waals surface area contributed by atoms with Gasteiger partial charge in [-0.15, -0.1) is 0 Å². The first kappa shape index (κ1) is 16.7. The SMILES string of the molecule is CC(NC(=O)CNCC(F)(F)F)C(=O)N1CCOCC1. The molecule has 1 atom stereocenters. The second kappa shape index (κ2) is 7.44. The van der Waals surface area contributed by atoms with Crippen molar-refractivity contribution in [1.29, 1.82) is 0 Å². The molecule has 0 spiro atoms. The highest BCUT2D eigenvalue weighted by molar-refractivity contribution is 5.88. The molecule has 2 amide bonds. The summed E-state index contributed by atoms with van der Waals surface area (Å²) in [5, 5.41) is 4.33. The first-order valence-corrected chi connectivity index (χ1v) is 6.23. The van der Waals surface area contributed by atoms with Crippen LogP contribution in [0.3, 0.4) is 0 Å². The smallest absolute Gasteiger partial charge is 0.378 e. The Balaban J connectivity index is 2.28. The second-order valence-corrected chi connectivity index (χ2v) is 4.45. The normalized spacial score (nSPS) is 17.7. The number of rotatable bonds is 5. The second-order valence-electron chi connectivity index (χ2n) is 4.45. The van der Waals surface area contributed by atoms with Gasteiger partial charge in [0.1, 0.15) is 6.04 Å². The van der Waals surface area contributed by atoms with E-state index in [1.807, 2.05) is 5.32 Å². The molecule has 2 N–H and O–H groups in total. The van der Waals surface area contributed by atoms with Crippen LogP contribution in [0.5, 0.6) is 0 Å². The van der Waals surface area contributed by atoms with E-state index in [2.05, 4.69) is 5.32 Å². The molecule has 1 fully saturated rings. The van der Waals surface area contributed by atoms with E-state index in [1.165, 1.54) is 6.92 Å². The highest BCUT2D eigenvalue weighted by Crippen LogP contribution is 2.11. The Morgan fingerprint density at radius 1 is 1.30 bits per heavy atom. The summed E-state index contributed by atoms with van der Waals surface area (Å²) in [6, 6.07) is -0.770. The van der Waals surface area contributed by atoms with Gasteiger partial charge >= 0.3 is 6.18 Å². The molecule has 6 nitrogen and oxygen atoms in total. The van der Waals surface area contributed by atoms with Gasteiger partial charge in [0.25, 0.3) is 0 Å². The molecule has 1 saturated heterocycles. The fourth-order valence-electron chi connectivity index (χ4n) is 1.73. The maximum absolute atomic E-state index is 11.9. The quantitative estimate of drug-likeness (QED) is 0.718. The van der Waals surface area contributed by atoms with Crippen LogP contribution in [0.4, 0.5) is 13.2 Å². The lowest BCUT2D eigenvalue weighted by Crippen LogP contribution is -2.52. The zero-order chi connectivity index (χ0) is 15.2. The Hall–Kier alpha value is -1.35. The number of alkyl halides is 3. The first-order valence-electron chi connectivity index (χ1n) is 6.23. The molecule has 116 valence electrons. The summed E-state index contributed by atoms with van der Waals surface area (Å²) in [6.07, 6.45) is -4.37. The number of amides is 2. The largest absolute Gasteiger partial charge is 0.401 e. The number of hydrogen-bond acceptors (Lipinski definition) is 4. The minimum atomic E-state index is -4.37. The first-order chi connectivity index (χ1) is 9.29. The lowest BCUT2D eigenvalue weighted by Gasteiger charge is -2.29. The lowest BCUT2D eigenvalue weighted by molar-refractivity contribution is -0.139. The number of hydrogen-bond donors (Lipinski definition) is 2. The van der Waals surface area contributed by atoms with E-state index in [1.54, 1.807) is 4.90 Å². The van der Waals surface area contributed by atoms with Crippen molar-refractivity contribution >= 4 is 11.8 Å². The van der Waals surface area contributed by atoms with Gasteiger partial charge in [-0.1, -0.05) is 0 Å². The molecule has 0 aromatic heterocycles. The van der Waals surface area contributed by atoms with E-state index >= 15 is 0 Å². The molecule has 20 heavy (non-hydrogen) atoms. The molecule has 1 heterocycles. The van der Waals surface area contributed by atoms with Crippen LogP contribution in [0.1, 0.15) is 6.92 Å². The van der Waals surface area contributed by atoms with Gasteiger partial charge < -0.3 is 20.3 Å². The van der Waals surface area contributed by atoms with Gasteiger partial charge in [-0.3, -0.25) is 9.59 Å². The van der Waals surface area contributed by atoms with Gasteiger partial charge in [0.15, 0.2) is 0 Å². The Bertz CT molecular complexity index is 344. The Kier molecular flexibility index (Phi) is 6.21. The Labute approximate surface area is 114 Å². The van der Waals surface area contributed by atoms with Gasteiger partial charge in [-0.05, 0) is 6.92 Å². The van der Waals surface area contributed by atoms with Gasteiger partial charge in [0, 0.05) is 13.1 Å². The van der Waals surface area contributed by atoms with Crippen molar-refractivity contribution in [3.8, 4) is 0 Å². The van der Waals surface area contributed by atoms with Crippen LogP contribution in [-0.2, 0) is 14.3 Å². The molecule has 0 radical (unpaired) electrons. The summed E-state index contributed by atoms with van der Waals surface area (Å²) in [4.78, 5) is 24.9. The number of ether oxygens (including phenoxy) is 1. The van der Waals surface area contributed by atoms with E-state index in [4.69, 9.17) is 4.74 Å². The molecule has 9 heteroatoms. The summed E-state index contributed by atoms with van der Waals surface area (Å²) in [5.74, 6) is -0.916. The summed E-state index contributed by atoms with van der Waals surface area (Å²) in [6.45, 7) is 1.56. The van der Waals surface area contributed by atoms with Crippen LogP contribution in [0, 0.1) is 0 Å². The zero-order valence-corrected chi connectivity index (χ0v) is 11.1. The minimum absolute atomic E-state index is 0.266. The predicted molar refractivity (Wildman–Crippen MR) is 63.9 cm³/mol. The van der Waals surface area contributed by atoms with Crippen LogP contribution in [0.25, 0.3) is 0 Å². The van der Waals surface area contributed by atoms with Crippen LogP contribution in [0.15, 0.2) is 0 Å². The number of halogens is 3. The van der Waals surface area contributed by atoms with E-state index < -0.39 is 31.2 Å². The van der Waals surface area contributed by atoms with Crippen LogP contribution in [0.2, 0.25) is 0 Å². The summed E-state index contributed by atoms with van der Waals surface area (Å²) in [5.41, 5.74) is 0. The molecule has 0 aromatic rings. The van der Waals surface area contributed by atoms with Crippen molar-refractivity contribution in [3.05, 3.63) is 0 Å². The standard InChI is InChI=1S/C11H18F3N3O3/c1-8(10(19)17-2-4-20-5-3-17)16-9(18)6-15-7-11(12,13)14/h8,15H,2-7H2,1H3,(H,16,18). The van der Waals surface area contributed by atoms with E-state index in [0.717, 1.165) is 0 Å². The summed E-state index contributed by atoms with van der Waals surface area (Å²) in [7, 11) is 0. The van der Waals surface area contributed by atoms with Gasteiger partial charge in [0.2, 0.25) is 11.8 Å². The number of nitrogens with one attached hydrogen (secondary N) is 2. The van der Waals surface area contributed by atoms with Crippen molar-refractivity contribution in [3.63, 3.8) is 0 Å². The molecular weight excluding hydrogens is 279 g/mol. The minimum Gasteiger partial charge on any atom is -0.378 e. The van der Waals surface area contributed by atoms with Crippen molar-refractivity contribution in [2.75, 3.05) is 39.4 Å². The topological polar surface area (TPSA) is 70.7 Å². The fraction of sp³-hybridized carbons (Fsp3) is 0.818. The zero-order valence-electron chi connectivity index (χ0n) is 11.1. The van der Waals surface area contributed by atoms with Crippen molar-refractivity contribution in [2.45, 2.75) is 19.1 Å². The maximum Gasteiger partial charge on any atom is 0.401 e. The molecule has 0 aliphatic carbocycles. The highest BCUT2D eigenvalue weighted by atomic mass is 19.4.